The molecular weight excluding hydrogens is 385 g/mol. The van der Waals surface area contributed by atoms with Gasteiger partial charge in [-0.3, -0.25) is 14.9 Å². The number of hydrazone groups is 1. The summed E-state index contributed by atoms with van der Waals surface area (Å²) in [5.41, 5.74) is 2.41. The van der Waals surface area contributed by atoms with Crippen molar-refractivity contribution in [2.24, 2.45) is 5.10 Å². The van der Waals surface area contributed by atoms with E-state index in [1.54, 1.807) is 25.1 Å². The van der Waals surface area contributed by atoms with Crippen LogP contribution in [0.25, 0.3) is 0 Å². The number of hydrogen-bond donors (Lipinski definition) is 2. The molecule has 0 aliphatic carbocycles. The Labute approximate surface area is 158 Å². The molecule has 0 heterocycles. The second-order valence-electron chi connectivity index (χ2n) is 5.11. The van der Waals surface area contributed by atoms with E-state index in [-0.39, 0.29) is 17.2 Å². The van der Waals surface area contributed by atoms with E-state index in [4.69, 9.17) is 27.9 Å². The molecule has 26 heavy (non-hydrogen) atoms. The maximum Gasteiger partial charge on any atom is 0.312 e. The summed E-state index contributed by atoms with van der Waals surface area (Å²) in [6.45, 7) is 1.50. The molecule has 2 aromatic rings. The molecule has 0 spiro atoms. The van der Waals surface area contributed by atoms with E-state index >= 15 is 0 Å². The van der Waals surface area contributed by atoms with E-state index in [9.17, 15) is 20.0 Å². The van der Waals surface area contributed by atoms with Crippen LogP contribution in [-0.2, 0) is 4.79 Å². The minimum Gasteiger partial charge on any atom is -0.502 e. The van der Waals surface area contributed by atoms with Crippen molar-refractivity contribution in [3.05, 3.63) is 61.6 Å². The number of nitrogens with zero attached hydrogens (tertiary/aromatic N) is 2. The van der Waals surface area contributed by atoms with Crippen LogP contribution in [0.1, 0.15) is 11.1 Å². The molecule has 0 saturated heterocycles. The van der Waals surface area contributed by atoms with Crippen LogP contribution in [-0.4, -0.2) is 28.8 Å². The van der Waals surface area contributed by atoms with Crippen molar-refractivity contribution in [2.75, 3.05) is 6.61 Å². The van der Waals surface area contributed by atoms with Crippen LogP contribution < -0.4 is 10.2 Å². The number of hydrogen-bond acceptors (Lipinski definition) is 6. The molecule has 0 unspecified atom stereocenters. The molecule has 0 aromatic heterocycles. The van der Waals surface area contributed by atoms with Gasteiger partial charge in [0.2, 0.25) is 5.75 Å². The zero-order valence-corrected chi connectivity index (χ0v) is 14.9. The zero-order valence-electron chi connectivity index (χ0n) is 13.4. The van der Waals surface area contributed by atoms with Crippen molar-refractivity contribution in [1.82, 2.24) is 5.43 Å². The number of ether oxygens (including phenoxy) is 1. The highest BCUT2D eigenvalue weighted by atomic mass is 35.5. The Hall–Kier alpha value is -2.84. The number of aryl methyl sites for hydroxylation is 1. The Morgan fingerprint density at radius 2 is 2.12 bits per heavy atom. The molecule has 136 valence electrons. The first-order valence-electron chi connectivity index (χ1n) is 7.15. The summed E-state index contributed by atoms with van der Waals surface area (Å²) >= 11 is 11.7. The largest absolute Gasteiger partial charge is 0.502 e. The Bertz CT molecular complexity index is 886. The van der Waals surface area contributed by atoms with E-state index in [1.165, 1.54) is 6.07 Å². The van der Waals surface area contributed by atoms with Crippen molar-refractivity contribution in [3.8, 4) is 11.5 Å². The molecule has 8 nitrogen and oxygen atoms in total. The Morgan fingerprint density at radius 1 is 1.38 bits per heavy atom. The second-order valence-corrected chi connectivity index (χ2v) is 5.96. The minimum atomic E-state index is -0.779. The second kappa shape index (κ2) is 8.50. The molecule has 0 aliphatic rings. The lowest BCUT2D eigenvalue weighted by Gasteiger charge is -2.06. The number of nitro groups is 1. The standard InChI is InChI=1S/C16H13Cl2N3O5/c1-9-4-12(2-3-13(9)18)26-8-15(22)20-19-7-10-5-11(17)6-14(16(10)23)21(24)25/h2-7,23H,8H2,1H3,(H,20,22). The van der Waals surface area contributed by atoms with Crippen LogP contribution in [0, 0.1) is 17.0 Å². The Morgan fingerprint density at radius 3 is 2.77 bits per heavy atom. The van der Waals surface area contributed by atoms with Crippen LogP contribution >= 0.6 is 23.2 Å². The lowest BCUT2D eigenvalue weighted by molar-refractivity contribution is -0.385. The fourth-order valence-electron chi connectivity index (χ4n) is 1.90. The lowest BCUT2D eigenvalue weighted by Crippen LogP contribution is -2.24. The van der Waals surface area contributed by atoms with Gasteiger partial charge in [0.1, 0.15) is 5.75 Å². The topological polar surface area (TPSA) is 114 Å². The average molecular weight is 398 g/mol. The summed E-state index contributed by atoms with van der Waals surface area (Å²) in [5, 5.41) is 24.9. The van der Waals surface area contributed by atoms with Gasteiger partial charge in [0, 0.05) is 21.7 Å². The smallest absolute Gasteiger partial charge is 0.312 e. The lowest BCUT2D eigenvalue weighted by atomic mass is 10.2. The van der Waals surface area contributed by atoms with Crippen LogP contribution in [0.3, 0.4) is 0 Å². The molecule has 2 N–H and O–H groups in total. The predicted molar refractivity (Wildman–Crippen MR) is 97.2 cm³/mol. The minimum absolute atomic E-state index is 0.0151. The number of amides is 1. The van der Waals surface area contributed by atoms with Crippen molar-refractivity contribution in [3.63, 3.8) is 0 Å². The van der Waals surface area contributed by atoms with Crippen LogP contribution in [0.4, 0.5) is 5.69 Å². The van der Waals surface area contributed by atoms with Gasteiger partial charge in [0.05, 0.1) is 11.1 Å². The van der Waals surface area contributed by atoms with Crippen molar-refractivity contribution < 1.29 is 19.6 Å². The SMILES string of the molecule is Cc1cc(OCC(=O)NN=Cc2cc(Cl)cc([N+](=O)[O-])c2O)ccc1Cl. The monoisotopic (exact) mass is 397 g/mol. The van der Waals surface area contributed by atoms with Crippen LogP contribution in [0.5, 0.6) is 11.5 Å². The fraction of sp³-hybridized carbons (Fsp3) is 0.125. The number of carbonyl (C=O) groups excluding carboxylic acids is 1. The van der Waals surface area contributed by atoms with Crippen molar-refractivity contribution in [1.29, 1.82) is 0 Å². The number of nitro benzene ring substituents is 1. The molecule has 2 rings (SSSR count). The van der Waals surface area contributed by atoms with E-state index in [2.05, 4.69) is 10.5 Å². The fourth-order valence-corrected chi connectivity index (χ4v) is 2.24. The van der Waals surface area contributed by atoms with Crippen LogP contribution in [0.2, 0.25) is 10.0 Å². The van der Waals surface area contributed by atoms with Gasteiger partial charge in [-0.25, -0.2) is 5.43 Å². The summed E-state index contributed by atoms with van der Waals surface area (Å²) in [6, 6.07) is 7.23. The van der Waals surface area contributed by atoms with Gasteiger partial charge < -0.3 is 9.84 Å². The van der Waals surface area contributed by atoms with Gasteiger partial charge >= 0.3 is 5.69 Å². The van der Waals surface area contributed by atoms with Gasteiger partial charge in [0.15, 0.2) is 6.61 Å². The number of phenolic OH excluding ortho intramolecular Hbond substituents is 1. The number of carbonyl (C=O) groups is 1. The van der Waals surface area contributed by atoms with Gasteiger partial charge in [-0.15, -0.1) is 0 Å². The predicted octanol–water partition coefficient (Wildman–Crippen LogP) is 3.44. The molecule has 0 fully saturated rings. The molecular formula is C16H13Cl2N3O5. The molecule has 10 heteroatoms. The Balaban J connectivity index is 1.96. The first-order valence-corrected chi connectivity index (χ1v) is 7.91. The third-order valence-corrected chi connectivity index (χ3v) is 3.82. The summed E-state index contributed by atoms with van der Waals surface area (Å²) < 4.78 is 5.30. The number of phenols is 1. The first kappa shape index (κ1) is 19.5. The molecule has 1 amide bonds. The quantitative estimate of drug-likeness (QED) is 0.440. The Kier molecular flexibility index (Phi) is 6.37. The summed E-state index contributed by atoms with van der Waals surface area (Å²) in [6.07, 6.45) is 1.04. The number of benzene rings is 2. The highest BCUT2D eigenvalue weighted by Gasteiger charge is 2.17. The zero-order chi connectivity index (χ0) is 19.3. The number of rotatable bonds is 6. The molecule has 0 atom stereocenters. The van der Waals surface area contributed by atoms with Crippen molar-refractivity contribution in [2.45, 2.75) is 6.92 Å². The molecule has 2 aromatic carbocycles. The maximum atomic E-state index is 11.7. The van der Waals surface area contributed by atoms with Gasteiger partial charge in [0.25, 0.3) is 5.91 Å². The number of nitrogens with one attached hydrogen (secondary N) is 1. The van der Waals surface area contributed by atoms with Gasteiger partial charge in [-0.1, -0.05) is 23.2 Å². The van der Waals surface area contributed by atoms with E-state index < -0.39 is 22.3 Å². The third-order valence-electron chi connectivity index (χ3n) is 3.17. The van der Waals surface area contributed by atoms with E-state index in [0.717, 1.165) is 17.8 Å². The van der Waals surface area contributed by atoms with Gasteiger partial charge in [-0.05, 0) is 36.8 Å². The van der Waals surface area contributed by atoms with Crippen molar-refractivity contribution >= 4 is 41.0 Å². The number of aromatic hydroxyl groups is 1. The normalized spacial score (nSPS) is 10.7. The van der Waals surface area contributed by atoms with E-state index in [1.807, 2.05) is 0 Å². The third kappa shape index (κ3) is 5.08. The maximum absolute atomic E-state index is 11.7. The number of halogens is 2. The first-order chi connectivity index (χ1) is 12.3. The summed E-state index contributed by atoms with van der Waals surface area (Å²) in [5.74, 6) is -0.704. The summed E-state index contributed by atoms with van der Waals surface area (Å²) in [4.78, 5) is 21.8. The highest BCUT2D eigenvalue weighted by molar-refractivity contribution is 6.31. The molecule has 0 aliphatic heterocycles. The molecule has 0 saturated carbocycles. The van der Waals surface area contributed by atoms with E-state index in [0.29, 0.717) is 10.8 Å². The average Bonchev–Trinajstić information content (AvgIpc) is 2.58. The summed E-state index contributed by atoms with van der Waals surface area (Å²) in [7, 11) is 0. The molecule has 0 bridgehead atoms. The molecule has 0 radical (unpaired) electrons. The van der Waals surface area contributed by atoms with Crippen LogP contribution in [0.15, 0.2) is 35.4 Å². The van der Waals surface area contributed by atoms with Gasteiger partial charge in [-0.2, -0.15) is 5.10 Å². The highest BCUT2D eigenvalue weighted by Crippen LogP contribution is 2.32.